The number of alkyl halides is 3. The summed E-state index contributed by atoms with van der Waals surface area (Å²) in [5.41, 5.74) is -0.474. The summed E-state index contributed by atoms with van der Waals surface area (Å²) in [6.45, 7) is 0. The molecule has 0 aliphatic carbocycles. The maximum absolute atomic E-state index is 12.1. The van der Waals surface area contributed by atoms with Crippen LogP contribution in [0.5, 0.6) is 5.75 Å². The van der Waals surface area contributed by atoms with Crippen LogP contribution in [0.15, 0.2) is 17.0 Å². The van der Waals surface area contributed by atoms with Gasteiger partial charge in [-0.25, -0.2) is 4.79 Å². The van der Waals surface area contributed by atoms with E-state index in [9.17, 15) is 18.0 Å². The van der Waals surface area contributed by atoms with Crippen molar-refractivity contribution in [2.45, 2.75) is 11.3 Å². The molecule has 0 saturated carbocycles. The molecule has 0 bridgehead atoms. The Bertz CT molecular complexity index is 522. The predicted molar refractivity (Wildman–Crippen MR) is 56.4 cm³/mol. The lowest BCUT2D eigenvalue weighted by molar-refractivity contribution is -0.275. The average Bonchev–Trinajstić information content (AvgIpc) is 2.28. The number of nitriles is 1. The van der Waals surface area contributed by atoms with Crippen molar-refractivity contribution in [1.82, 2.24) is 0 Å². The Balaban J connectivity index is 3.28. The molecule has 0 fully saturated rings. The third-order valence-electron chi connectivity index (χ3n) is 1.85. The maximum atomic E-state index is 12.1. The highest BCUT2D eigenvalue weighted by Crippen LogP contribution is 2.31. The molecule has 0 N–H and O–H groups in total. The number of thiol groups is 1. The van der Waals surface area contributed by atoms with Crippen LogP contribution in [0.4, 0.5) is 13.2 Å². The van der Waals surface area contributed by atoms with E-state index in [1.54, 1.807) is 6.07 Å². The van der Waals surface area contributed by atoms with Crippen molar-refractivity contribution in [3.63, 3.8) is 0 Å². The normalized spacial score (nSPS) is 10.7. The first-order chi connectivity index (χ1) is 8.28. The van der Waals surface area contributed by atoms with Gasteiger partial charge in [-0.15, -0.1) is 25.8 Å². The molecule has 1 rings (SSSR count). The molecule has 0 amide bonds. The fourth-order valence-corrected chi connectivity index (χ4v) is 1.39. The first-order valence-electron chi connectivity index (χ1n) is 4.39. The number of hydrogen-bond acceptors (Lipinski definition) is 5. The van der Waals surface area contributed by atoms with Crippen LogP contribution >= 0.6 is 12.6 Å². The van der Waals surface area contributed by atoms with E-state index >= 15 is 0 Å². The van der Waals surface area contributed by atoms with Crippen LogP contribution in [-0.4, -0.2) is 19.4 Å². The smallest absolute Gasteiger partial charge is 0.465 e. The van der Waals surface area contributed by atoms with Gasteiger partial charge in [0.2, 0.25) is 0 Å². The number of nitrogens with zero attached hydrogens (tertiary/aromatic N) is 1. The molecule has 0 heterocycles. The molecule has 1 aromatic rings. The quantitative estimate of drug-likeness (QED) is 0.666. The Labute approximate surface area is 105 Å². The minimum Gasteiger partial charge on any atom is -0.465 e. The topological polar surface area (TPSA) is 59.3 Å². The number of esters is 1. The van der Waals surface area contributed by atoms with E-state index in [4.69, 9.17) is 5.26 Å². The molecule has 0 radical (unpaired) electrons. The van der Waals surface area contributed by atoms with Crippen LogP contribution in [0.1, 0.15) is 15.9 Å². The van der Waals surface area contributed by atoms with Crippen molar-refractivity contribution in [2.75, 3.05) is 7.11 Å². The number of benzene rings is 1. The van der Waals surface area contributed by atoms with Gasteiger partial charge in [0.1, 0.15) is 11.8 Å². The van der Waals surface area contributed by atoms with Crippen molar-refractivity contribution >= 4 is 18.6 Å². The highest BCUT2D eigenvalue weighted by Gasteiger charge is 2.32. The fourth-order valence-electron chi connectivity index (χ4n) is 1.15. The van der Waals surface area contributed by atoms with Gasteiger partial charge in [-0.05, 0) is 6.07 Å². The van der Waals surface area contributed by atoms with Gasteiger partial charge in [-0.2, -0.15) is 5.26 Å². The molecule has 96 valence electrons. The number of carbonyl (C=O) groups is 1. The first kappa shape index (κ1) is 14.2. The number of methoxy groups -OCH3 is 1. The van der Waals surface area contributed by atoms with Crippen LogP contribution in [0, 0.1) is 11.3 Å². The summed E-state index contributed by atoms with van der Waals surface area (Å²) >= 11 is 3.76. The number of carbonyl (C=O) groups excluding carboxylic acids is 1. The van der Waals surface area contributed by atoms with E-state index in [0.29, 0.717) is 0 Å². The molecular weight excluding hydrogens is 271 g/mol. The minimum absolute atomic E-state index is 0.181. The van der Waals surface area contributed by atoms with Crippen molar-refractivity contribution < 1.29 is 27.4 Å². The number of hydrogen-bond donors (Lipinski definition) is 1. The SMILES string of the molecule is COC(=O)c1cc(S)c(OC(F)(F)F)cc1C#N. The second-order valence-electron chi connectivity index (χ2n) is 3.02. The van der Waals surface area contributed by atoms with E-state index in [0.717, 1.165) is 19.2 Å². The summed E-state index contributed by atoms with van der Waals surface area (Å²) in [5, 5.41) is 8.76. The average molecular weight is 277 g/mol. The molecule has 0 spiro atoms. The lowest BCUT2D eigenvalue weighted by Gasteiger charge is -2.12. The zero-order chi connectivity index (χ0) is 13.9. The van der Waals surface area contributed by atoms with E-state index in [2.05, 4.69) is 22.1 Å². The van der Waals surface area contributed by atoms with Crippen LogP contribution in [0.3, 0.4) is 0 Å². The number of ether oxygens (including phenoxy) is 2. The summed E-state index contributed by atoms with van der Waals surface area (Å²) < 4.78 is 44.2. The fraction of sp³-hybridized carbons (Fsp3) is 0.200. The summed E-state index contributed by atoms with van der Waals surface area (Å²) in [7, 11) is 1.09. The summed E-state index contributed by atoms with van der Waals surface area (Å²) in [6, 6.07) is 3.34. The molecule has 4 nitrogen and oxygen atoms in total. The van der Waals surface area contributed by atoms with Crippen LogP contribution < -0.4 is 4.74 Å². The molecule has 1 aromatic carbocycles. The lowest BCUT2D eigenvalue weighted by Crippen LogP contribution is -2.18. The highest BCUT2D eigenvalue weighted by atomic mass is 32.1. The third-order valence-corrected chi connectivity index (χ3v) is 2.20. The standard InChI is InChI=1S/C10H6F3NO3S/c1-16-9(15)6-3-8(18)7(2-5(6)4-14)17-10(11,12)13/h2-3,18H,1H3. The largest absolute Gasteiger partial charge is 0.573 e. The van der Waals surface area contributed by atoms with Crippen molar-refractivity contribution in [3.8, 4) is 11.8 Å². The van der Waals surface area contributed by atoms with Crippen molar-refractivity contribution in [2.24, 2.45) is 0 Å². The molecule has 0 saturated heterocycles. The van der Waals surface area contributed by atoms with Crippen LogP contribution in [-0.2, 0) is 4.74 Å². The van der Waals surface area contributed by atoms with Gasteiger partial charge >= 0.3 is 12.3 Å². The molecule has 0 aromatic heterocycles. The predicted octanol–water partition coefficient (Wildman–Crippen LogP) is 2.53. The number of rotatable bonds is 2. The van der Waals surface area contributed by atoms with Gasteiger partial charge in [0, 0.05) is 11.0 Å². The Morgan fingerprint density at radius 2 is 2.06 bits per heavy atom. The Morgan fingerprint density at radius 3 is 2.50 bits per heavy atom. The Kier molecular flexibility index (Phi) is 4.08. The molecular formula is C10H6F3NO3S. The van der Waals surface area contributed by atoms with Gasteiger partial charge in [-0.3, -0.25) is 0 Å². The summed E-state index contributed by atoms with van der Waals surface area (Å²) in [4.78, 5) is 11.0. The van der Waals surface area contributed by atoms with Gasteiger partial charge < -0.3 is 9.47 Å². The molecule has 8 heteroatoms. The zero-order valence-corrected chi connectivity index (χ0v) is 9.80. The molecule has 18 heavy (non-hydrogen) atoms. The van der Waals surface area contributed by atoms with Crippen LogP contribution in [0.25, 0.3) is 0 Å². The second-order valence-corrected chi connectivity index (χ2v) is 3.50. The van der Waals surface area contributed by atoms with Crippen molar-refractivity contribution in [3.05, 3.63) is 23.3 Å². The minimum atomic E-state index is -4.91. The Hall–Kier alpha value is -1.88. The van der Waals surface area contributed by atoms with Gasteiger partial charge in [0.25, 0.3) is 0 Å². The molecule has 0 atom stereocenters. The van der Waals surface area contributed by atoms with E-state index in [1.165, 1.54) is 0 Å². The highest BCUT2D eigenvalue weighted by molar-refractivity contribution is 7.80. The van der Waals surface area contributed by atoms with Gasteiger partial charge in [0.05, 0.1) is 18.2 Å². The Morgan fingerprint density at radius 1 is 1.44 bits per heavy atom. The summed E-state index contributed by atoms with van der Waals surface area (Å²) in [6.07, 6.45) is -4.91. The third kappa shape index (κ3) is 3.30. The molecule has 0 aliphatic rings. The summed E-state index contributed by atoms with van der Waals surface area (Å²) in [5.74, 6) is -1.50. The van der Waals surface area contributed by atoms with Crippen LogP contribution in [0.2, 0.25) is 0 Å². The lowest BCUT2D eigenvalue weighted by atomic mass is 10.1. The van der Waals surface area contributed by atoms with Gasteiger partial charge in [0.15, 0.2) is 0 Å². The molecule has 0 unspecified atom stereocenters. The number of halogens is 3. The van der Waals surface area contributed by atoms with E-state index in [1.807, 2.05) is 0 Å². The van der Waals surface area contributed by atoms with Crippen molar-refractivity contribution in [1.29, 1.82) is 5.26 Å². The molecule has 0 aliphatic heterocycles. The zero-order valence-electron chi connectivity index (χ0n) is 8.91. The second kappa shape index (κ2) is 5.18. The van der Waals surface area contributed by atoms with E-state index < -0.39 is 18.1 Å². The maximum Gasteiger partial charge on any atom is 0.573 e. The van der Waals surface area contributed by atoms with E-state index in [-0.39, 0.29) is 16.0 Å². The van der Waals surface area contributed by atoms with Gasteiger partial charge in [-0.1, -0.05) is 0 Å². The first-order valence-corrected chi connectivity index (χ1v) is 4.84. The monoisotopic (exact) mass is 277 g/mol.